The third kappa shape index (κ3) is 4.43. The second-order valence-electron chi connectivity index (χ2n) is 5.09. The van der Waals surface area contributed by atoms with Crippen LogP contribution in [0.4, 0.5) is 5.69 Å². The normalized spacial score (nSPS) is 9.52. The maximum Gasteiger partial charge on any atom is 0.275 e. The highest BCUT2D eigenvalue weighted by Gasteiger charge is 2.25. The molecular formula is C16H19BrN2O4. The number of carbonyl (C=O) groups is 1. The second-order valence-corrected chi connectivity index (χ2v) is 5.09. The lowest BCUT2D eigenvalue weighted by Gasteiger charge is -2.10. The first-order valence-corrected chi connectivity index (χ1v) is 6.64. The van der Waals surface area contributed by atoms with E-state index >= 15 is 0 Å². The number of ketones is 1. The van der Waals surface area contributed by atoms with Crippen LogP contribution in [-0.2, 0) is 6.54 Å². The highest BCUT2D eigenvalue weighted by Crippen LogP contribution is 2.29. The Morgan fingerprint density at radius 3 is 2.22 bits per heavy atom. The van der Waals surface area contributed by atoms with Gasteiger partial charge in [0, 0.05) is 28.8 Å². The van der Waals surface area contributed by atoms with Crippen molar-refractivity contribution in [1.82, 2.24) is 0 Å². The number of nitro groups is 1. The molecule has 0 spiro atoms. The topological polar surface area (TPSA) is 95.6 Å². The quantitative estimate of drug-likeness (QED) is 0.289. The van der Waals surface area contributed by atoms with Crippen LogP contribution in [0, 0.1) is 30.9 Å². The van der Waals surface area contributed by atoms with Gasteiger partial charge in [0.05, 0.1) is 4.92 Å². The van der Waals surface area contributed by atoms with Crippen molar-refractivity contribution in [2.24, 2.45) is 0 Å². The van der Waals surface area contributed by atoms with Crippen LogP contribution in [-0.4, -0.2) is 16.2 Å². The van der Waals surface area contributed by atoms with Gasteiger partial charge in [-0.1, -0.05) is 6.07 Å². The summed E-state index contributed by atoms with van der Waals surface area (Å²) in [6.45, 7) is 5.31. The zero-order valence-electron chi connectivity index (χ0n) is 13.2. The summed E-state index contributed by atoms with van der Waals surface area (Å²) in [5.41, 5.74) is 2.28. The van der Waals surface area contributed by atoms with Gasteiger partial charge in [-0.05, 0) is 32.4 Å². The Balaban J connectivity index is 0.00000242. The third-order valence-electron chi connectivity index (χ3n) is 3.50. The van der Waals surface area contributed by atoms with Crippen LogP contribution in [0.15, 0.2) is 36.7 Å². The molecule has 2 N–H and O–H groups in total. The fourth-order valence-corrected chi connectivity index (χ4v) is 2.67. The number of hydrogen-bond acceptors (Lipinski definition) is 3. The molecule has 0 aliphatic heterocycles. The molecule has 7 heteroatoms. The summed E-state index contributed by atoms with van der Waals surface area (Å²) >= 11 is 0. The number of benzene rings is 1. The number of Topliss-reactive ketones (excluding diaryl/α,β-unsaturated/α-hetero) is 1. The minimum absolute atomic E-state index is 0. The van der Waals surface area contributed by atoms with E-state index in [0.717, 1.165) is 5.56 Å². The van der Waals surface area contributed by atoms with E-state index in [4.69, 9.17) is 0 Å². The van der Waals surface area contributed by atoms with Crippen molar-refractivity contribution in [1.29, 1.82) is 0 Å². The van der Waals surface area contributed by atoms with Crippen molar-refractivity contribution in [2.75, 3.05) is 0 Å². The van der Waals surface area contributed by atoms with E-state index in [-0.39, 0.29) is 40.5 Å². The highest BCUT2D eigenvalue weighted by atomic mass is 79.9. The number of rotatable bonds is 4. The lowest BCUT2D eigenvalue weighted by molar-refractivity contribution is -0.683. The molecule has 1 heterocycles. The molecule has 0 fully saturated rings. The van der Waals surface area contributed by atoms with Crippen LogP contribution in [0.5, 0.6) is 0 Å². The molecule has 0 aliphatic carbocycles. The van der Waals surface area contributed by atoms with Crippen molar-refractivity contribution in [3.05, 3.63) is 69.0 Å². The summed E-state index contributed by atoms with van der Waals surface area (Å²) in [5.74, 6) is -0.121. The van der Waals surface area contributed by atoms with Gasteiger partial charge in [0.2, 0.25) is 12.3 Å². The van der Waals surface area contributed by atoms with Crippen LogP contribution < -0.4 is 21.5 Å². The van der Waals surface area contributed by atoms with E-state index < -0.39 is 4.92 Å². The number of carbonyl (C=O) groups excluding carboxylic acids is 1. The molecule has 0 atom stereocenters. The van der Waals surface area contributed by atoms with Gasteiger partial charge in [0.15, 0.2) is 12.4 Å². The Labute approximate surface area is 145 Å². The number of aryl methyl sites for hydroxylation is 2. The predicted octanol–water partition coefficient (Wildman–Crippen LogP) is -1.13. The molecule has 2 aromatic rings. The average molecular weight is 383 g/mol. The monoisotopic (exact) mass is 382 g/mol. The highest BCUT2D eigenvalue weighted by molar-refractivity contribution is 5.99. The number of pyridine rings is 1. The van der Waals surface area contributed by atoms with E-state index in [9.17, 15) is 14.9 Å². The van der Waals surface area contributed by atoms with Gasteiger partial charge in [-0.15, -0.1) is 0 Å². The molecule has 1 aromatic heterocycles. The van der Waals surface area contributed by atoms with Crippen LogP contribution in [0.1, 0.15) is 27.0 Å². The number of hydrogen-bond donors (Lipinski definition) is 0. The maximum atomic E-state index is 12.5. The minimum Gasteiger partial charge on any atom is -1.00 e. The van der Waals surface area contributed by atoms with E-state index in [1.54, 1.807) is 36.9 Å². The Hall–Kier alpha value is -2.12. The summed E-state index contributed by atoms with van der Waals surface area (Å²) in [7, 11) is 0. The molecular weight excluding hydrogens is 364 g/mol. The summed E-state index contributed by atoms with van der Waals surface area (Å²) in [6, 6.07) is 7.25. The SMILES string of the molecule is Cc1cc(C)c([N+](=O)[O-])c(C)c1C(=O)C[n+]1ccccc1.O.[Br-]. The summed E-state index contributed by atoms with van der Waals surface area (Å²) < 4.78 is 1.76. The molecule has 0 radical (unpaired) electrons. The van der Waals surface area contributed by atoms with Gasteiger partial charge in [0.25, 0.3) is 5.69 Å². The molecule has 0 amide bonds. The molecule has 0 saturated carbocycles. The first kappa shape index (κ1) is 20.9. The zero-order chi connectivity index (χ0) is 15.6. The third-order valence-corrected chi connectivity index (χ3v) is 3.50. The van der Waals surface area contributed by atoms with Crippen LogP contribution in [0.3, 0.4) is 0 Å². The van der Waals surface area contributed by atoms with Crippen molar-refractivity contribution < 1.29 is 36.7 Å². The van der Waals surface area contributed by atoms with Gasteiger partial charge >= 0.3 is 0 Å². The van der Waals surface area contributed by atoms with Crippen molar-refractivity contribution >= 4 is 11.5 Å². The number of nitrogens with zero attached hydrogens (tertiary/aromatic N) is 2. The number of aromatic nitrogens is 1. The van der Waals surface area contributed by atoms with Crippen molar-refractivity contribution in [2.45, 2.75) is 27.3 Å². The molecule has 0 bridgehead atoms. The molecule has 0 aliphatic rings. The fraction of sp³-hybridized carbons (Fsp3) is 0.250. The second kappa shape index (κ2) is 8.50. The van der Waals surface area contributed by atoms with Gasteiger partial charge in [-0.3, -0.25) is 14.9 Å². The largest absolute Gasteiger partial charge is 1.00 e. The lowest BCUT2D eigenvalue weighted by atomic mass is 9.94. The first-order chi connectivity index (χ1) is 9.91. The average Bonchev–Trinajstić information content (AvgIpc) is 2.38. The molecule has 2 rings (SSSR count). The maximum absolute atomic E-state index is 12.5. The van der Waals surface area contributed by atoms with Gasteiger partial charge < -0.3 is 22.5 Å². The zero-order valence-corrected chi connectivity index (χ0v) is 14.8. The van der Waals surface area contributed by atoms with Gasteiger partial charge in [-0.2, -0.15) is 4.57 Å². The predicted molar refractivity (Wildman–Crippen MR) is 81.9 cm³/mol. The Bertz CT molecular complexity index is 718. The van der Waals surface area contributed by atoms with Gasteiger partial charge in [-0.25, -0.2) is 0 Å². The summed E-state index contributed by atoms with van der Waals surface area (Å²) in [6.07, 6.45) is 3.59. The van der Waals surface area contributed by atoms with Crippen LogP contribution in [0.25, 0.3) is 0 Å². The van der Waals surface area contributed by atoms with Crippen molar-refractivity contribution in [3.63, 3.8) is 0 Å². The smallest absolute Gasteiger partial charge is 0.275 e. The molecule has 124 valence electrons. The van der Waals surface area contributed by atoms with Crippen LogP contribution >= 0.6 is 0 Å². The number of nitro benzene ring substituents is 1. The Morgan fingerprint density at radius 1 is 1.13 bits per heavy atom. The molecule has 6 nitrogen and oxygen atoms in total. The Morgan fingerprint density at radius 2 is 1.70 bits per heavy atom. The van der Waals surface area contributed by atoms with E-state index in [1.165, 1.54) is 0 Å². The first-order valence-electron chi connectivity index (χ1n) is 6.64. The number of halogens is 1. The fourth-order valence-electron chi connectivity index (χ4n) is 2.67. The molecule has 1 aromatic carbocycles. The molecule has 23 heavy (non-hydrogen) atoms. The molecule has 0 unspecified atom stereocenters. The summed E-state index contributed by atoms with van der Waals surface area (Å²) in [4.78, 5) is 23.3. The minimum atomic E-state index is -0.420. The van der Waals surface area contributed by atoms with Crippen molar-refractivity contribution in [3.8, 4) is 0 Å². The van der Waals surface area contributed by atoms with E-state index in [1.807, 2.05) is 25.1 Å². The Kier molecular flexibility index (Phi) is 7.71. The standard InChI is InChI=1S/C16H17N2O3.BrH.H2O/c1-11-9-12(2)16(18(20)21)13(3)15(11)14(19)10-17-7-5-4-6-8-17;;/h4-9H,10H2,1-3H3;1H;1H2/q+1;;/p-1. The van der Waals surface area contributed by atoms with E-state index in [2.05, 4.69) is 0 Å². The van der Waals surface area contributed by atoms with Crippen LogP contribution in [0.2, 0.25) is 0 Å². The van der Waals surface area contributed by atoms with E-state index in [0.29, 0.717) is 16.7 Å². The lowest BCUT2D eigenvalue weighted by Crippen LogP contribution is -3.00. The van der Waals surface area contributed by atoms with Gasteiger partial charge in [0.1, 0.15) is 0 Å². The molecule has 0 saturated heterocycles. The summed E-state index contributed by atoms with van der Waals surface area (Å²) in [5, 5.41) is 11.2.